The lowest BCUT2D eigenvalue weighted by molar-refractivity contribution is -0.120. The van der Waals surface area contributed by atoms with E-state index in [2.05, 4.69) is 57.8 Å². The molecule has 1 aliphatic heterocycles. The number of likely N-dealkylation sites (tertiary alicyclic amines) is 1. The molecule has 1 saturated heterocycles. The van der Waals surface area contributed by atoms with E-state index >= 15 is 0 Å². The summed E-state index contributed by atoms with van der Waals surface area (Å²) in [7, 11) is 1.77. The topological polar surface area (TPSA) is 69.9 Å². The van der Waals surface area contributed by atoms with Crippen molar-refractivity contribution in [2.24, 2.45) is 10.9 Å². The average Bonchev–Trinajstić information content (AvgIpc) is 3.27. The van der Waals surface area contributed by atoms with Crippen molar-refractivity contribution in [3.63, 3.8) is 0 Å². The molecule has 0 spiro atoms. The molecule has 0 saturated carbocycles. The molecular weight excluding hydrogens is 479 g/mol. The molecule has 1 aromatic heterocycles. The Morgan fingerprint density at radius 2 is 2.00 bits per heavy atom. The third kappa shape index (κ3) is 6.48. The van der Waals surface area contributed by atoms with Crippen molar-refractivity contribution < 1.29 is 9.21 Å². The molecule has 158 valence electrons. The molecule has 1 amide bonds. The third-order valence-corrected chi connectivity index (χ3v) is 5.44. The van der Waals surface area contributed by atoms with Gasteiger partial charge < -0.3 is 20.0 Å². The summed E-state index contributed by atoms with van der Waals surface area (Å²) in [6.45, 7) is 4.73. The van der Waals surface area contributed by atoms with E-state index in [1.165, 1.54) is 5.56 Å². The lowest BCUT2D eigenvalue weighted by Crippen LogP contribution is -2.50. The smallest absolute Gasteiger partial charge is 0.239 e. The Morgan fingerprint density at radius 1 is 1.21 bits per heavy atom. The van der Waals surface area contributed by atoms with Gasteiger partial charge >= 0.3 is 0 Å². The second kappa shape index (κ2) is 11.8. The zero-order valence-corrected chi connectivity index (χ0v) is 19.5. The molecule has 7 heteroatoms. The first-order chi connectivity index (χ1) is 13.7. The van der Waals surface area contributed by atoms with Gasteiger partial charge in [-0.15, -0.1) is 24.0 Å². The Labute approximate surface area is 190 Å². The van der Waals surface area contributed by atoms with E-state index in [4.69, 9.17) is 4.42 Å². The van der Waals surface area contributed by atoms with Gasteiger partial charge in [0.15, 0.2) is 5.96 Å². The van der Waals surface area contributed by atoms with Crippen LogP contribution in [0, 0.1) is 5.92 Å². The molecule has 3 rings (SSSR count). The van der Waals surface area contributed by atoms with E-state index in [1.54, 1.807) is 13.3 Å². The fraction of sp³-hybridized carbons (Fsp3) is 0.455. The number of rotatable bonds is 6. The standard InChI is InChI=1S/C22H30N4O2.HI/c1-3-17-16-26(12-11-20(17)18-8-5-4-6-9-18)22(23-2)25-15-21(27)24-14-19-10-7-13-28-19;/h4-10,13,17,20H,3,11-12,14-16H2,1-2H3,(H,23,25)(H,24,27);1H. The molecule has 2 atom stereocenters. The Morgan fingerprint density at radius 3 is 2.66 bits per heavy atom. The zero-order valence-electron chi connectivity index (χ0n) is 17.1. The fourth-order valence-corrected chi connectivity index (χ4v) is 3.93. The van der Waals surface area contributed by atoms with Gasteiger partial charge in [0.05, 0.1) is 19.4 Å². The molecule has 2 unspecified atom stereocenters. The summed E-state index contributed by atoms with van der Waals surface area (Å²) in [5.74, 6) is 2.60. The number of nitrogens with one attached hydrogen (secondary N) is 2. The van der Waals surface area contributed by atoms with Gasteiger partial charge in [0.2, 0.25) is 5.91 Å². The van der Waals surface area contributed by atoms with E-state index < -0.39 is 0 Å². The average molecular weight is 510 g/mol. The summed E-state index contributed by atoms with van der Waals surface area (Å²) in [6, 6.07) is 14.4. The van der Waals surface area contributed by atoms with Crippen molar-refractivity contribution in [2.45, 2.75) is 32.2 Å². The van der Waals surface area contributed by atoms with Crippen molar-refractivity contribution >= 4 is 35.8 Å². The number of halogens is 1. The molecule has 0 radical (unpaired) electrons. The quantitative estimate of drug-likeness (QED) is 0.354. The van der Waals surface area contributed by atoms with Crippen LogP contribution in [0.3, 0.4) is 0 Å². The number of amides is 1. The van der Waals surface area contributed by atoms with Crippen LogP contribution in [0.1, 0.15) is 37.0 Å². The normalized spacial score (nSPS) is 19.4. The molecule has 1 fully saturated rings. The van der Waals surface area contributed by atoms with Gasteiger partial charge in [-0.1, -0.05) is 43.7 Å². The SMILES string of the molecule is CCC1CN(C(=NC)NCC(=O)NCc2ccco2)CCC1c1ccccc1.I. The highest BCUT2D eigenvalue weighted by molar-refractivity contribution is 14.0. The van der Waals surface area contributed by atoms with E-state index in [-0.39, 0.29) is 36.4 Å². The van der Waals surface area contributed by atoms with Crippen LogP contribution >= 0.6 is 24.0 Å². The van der Waals surface area contributed by atoms with Crippen molar-refractivity contribution in [3.8, 4) is 0 Å². The number of furan rings is 1. The van der Waals surface area contributed by atoms with Gasteiger partial charge in [-0.3, -0.25) is 9.79 Å². The predicted molar refractivity (Wildman–Crippen MR) is 126 cm³/mol. The number of piperidine rings is 1. The predicted octanol–water partition coefficient (Wildman–Crippen LogP) is 3.60. The van der Waals surface area contributed by atoms with Crippen LogP contribution in [-0.4, -0.2) is 43.4 Å². The van der Waals surface area contributed by atoms with Gasteiger partial charge in [-0.05, 0) is 36.0 Å². The summed E-state index contributed by atoms with van der Waals surface area (Å²) in [5.41, 5.74) is 1.43. The van der Waals surface area contributed by atoms with Crippen LogP contribution in [0.15, 0.2) is 58.1 Å². The maximum Gasteiger partial charge on any atom is 0.239 e. The van der Waals surface area contributed by atoms with Gasteiger partial charge in [0.25, 0.3) is 0 Å². The molecule has 0 aliphatic carbocycles. The number of hydrogen-bond acceptors (Lipinski definition) is 3. The molecule has 2 N–H and O–H groups in total. The highest BCUT2D eigenvalue weighted by Crippen LogP contribution is 2.34. The zero-order chi connectivity index (χ0) is 19.8. The molecule has 0 bridgehead atoms. The van der Waals surface area contributed by atoms with Gasteiger partial charge in [0, 0.05) is 20.1 Å². The Balaban J connectivity index is 0.00000300. The lowest BCUT2D eigenvalue weighted by Gasteiger charge is -2.40. The second-order valence-electron chi connectivity index (χ2n) is 7.18. The van der Waals surface area contributed by atoms with Gasteiger partial charge in [0.1, 0.15) is 5.76 Å². The van der Waals surface area contributed by atoms with Crippen LogP contribution in [0.25, 0.3) is 0 Å². The summed E-state index contributed by atoms with van der Waals surface area (Å²) < 4.78 is 5.23. The highest BCUT2D eigenvalue weighted by Gasteiger charge is 2.30. The van der Waals surface area contributed by atoms with Crippen molar-refractivity contribution in [1.29, 1.82) is 0 Å². The van der Waals surface area contributed by atoms with Crippen molar-refractivity contribution in [1.82, 2.24) is 15.5 Å². The number of carbonyl (C=O) groups is 1. The largest absolute Gasteiger partial charge is 0.467 e. The third-order valence-electron chi connectivity index (χ3n) is 5.44. The van der Waals surface area contributed by atoms with Crippen LogP contribution < -0.4 is 10.6 Å². The van der Waals surface area contributed by atoms with Crippen molar-refractivity contribution in [2.75, 3.05) is 26.7 Å². The number of aliphatic imine (C=N–C) groups is 1. The van der Waals surface area contributed by atoms with E-state index in [0.717, 1.165) is 37.7 Å². The number of hydrogen-bond donors (Lipinski definition) is 2. The number of benzene rings is 1. The maximum absolute atomic E-state index is 12.1. The molecule has 2 heterocycles. The van der Waals surface area contributed by atoms with E-state index in [9.17, 15) is 4.79 Å². The lowest BCUT2D eigenvalue weighted by atomic mass is 9.79. The minimum atomic E-state index is -0.0798. The summed E-state index contributed by atoms with van der Waals surface area (Å²) in [4.78, 5) is 18.8. The number of carbonyl (C=O) groups excluding carboxylic acids is 1. The first-order valence-electron chi connectivity index (χ1n) is 10.0. The van der Waals surface area contributed by atoms with E-state index in [1.807, 2.05) is 12.1 Å². The summed E-state index contributed by atoms with van der Waals surface area (Å²) in [6.07, 6.45) is 3.81. The Hall–Kier alpha value is -2.03. The molecule has 29 heavy (non-hydrogen) atoms. The monoisotopic (exact) mass is 510 g/mol. The van der Waals surface area contributed by atoms with Crippen LogP contribution in [-0.2, 0) is 11.3 Å². The van der Waals surface area contributed by atoms with Gasteiger partial charge in [-0.25, -0.2) is 0 Å². The van der Waals surface area contributed by atoms with Crippen LogP contribution in [0.5, 0.6) is 0 Å². The second-order valence-corrected chi connectivity index (χ2v) is 7.18. The number of guanidine groups is 1. The molecule has 2 aromatic rings. The minimum absolute atomic E-state index is 0. The van der Waals surface area contributed by atoms with E-state index in [0.29, 0.717) is 18.4 Å². The Bertz CT molecular complexity index is 764. The molecule has 6 nitrogen and oxygen atoms in total. The van der Waals surface area contributed by atoms with Crippen LogP contribution in [0.4, 0.5) is 0 Å². The van der Waals surface area contributed by atoms with Crippen molar-refractivity contribution in [3.05, 3.63) is 60.1 Å². The number of nitrogens with zero attached hydrogens (tertiary/aromatic N) is 2. The minimum Gasteiger partial charge on any atom is -0.467 e. The maximum atomic E-state index is 12.1. The summed E-state index contributed by atoms with van der Waals surface area (Å²) in [5, 5.41) is 6.05. The molecular formula is C22H31IN4O2. The highest BCUT2D eigenvalue weighted by atomic mass is 127. The molecule has 1 aromatic carbocycles. The first kappa shape index (κ1) is 23.3. The molecule has 1 aliphatic rings. The Kier molecular flexibility index (Phi) is 9.50. The first-order valence-corrected chi connectivity index (χ1v) is 10.0. The fourth-order valence-electron chi connectivity index (χ4n) is 3.93. The van der Waals surface area contributed by atoms with Gasteiger partial charge in [-0.2, -0.15) is 0 Å². The summed E-state index contributed by atoms with van der Waals surface area (Å²) >= 11 is 0. The van der Waals surface area contributed by atoms with Crippen LogP contribution in [0.2, 0.25) is 0 Å².